The molecule has 4 heterocycles. The predicted octanol–water partition coefficient (Wildman–Crippen LogP) is -1.65. The molecule has 0 spiro atoms. The molecule has 4 aliphatic heterocycles. The van der Waals surface area contributed by atoms with Crippen LogP contribution in [0.2, 0.25) is 0 Å². The monoisotopic (exact) mass is 1270 g/mol. The number of fused-ring (bicyclic) bond motifs is 7. The Morgan fingerprint density at radius 2 is 1.22 bits per heavy atom. The third-order valence-corrected chi connectivity index (χ3v) is 22.7. The van der Waals surface area contributed by atoms with E-state index in [1.165, 1.54) is 13.8 Å². The third kappa shape index (κ3) is 11.8. The van der Waals surface area contributed by atoms with Crippen LogP contribution in [-0.2, 0) is 71.3 Å². The molecule has 0 bridgehead atoms. The molecule has 4 saturated carbocycles. The minimum Gasteiger partial charge on any atom is -0.479 e. The van der Waals surface area contributed by atoms with E-state index in [0.29, 0.717) is 37.7 Å². The maximum absolute atomic E-state index is 13.6. The maximum atomic E-state index is 13.6. The van der Waals surface area contributed by atoms with Crippen LogP contribution in [-0.4, -0.2) is 258 Å². The number of hydrogen-bond acceptors (Lipinski definition) is 27. The highest BCUT2D eigenvalue weighted by atomic mass is 16.8. The van der Waals surface area contributed by atoms with Crippen molar-refractivity contribution in [3.63, 3.8) is 0 Å². The quantitative estimate of drug-likeness (QED) is 0.0271. The first-order valence-corrected chi connectivity index (χ1v) is 30.9. The van der Waals surface area contributed by atoms with Gasteiger partial charge in [0.25, 0.3) is 0 Å². The van der Waals surface area contributed by atoms with Crippen LogP contribution in [0.25, 0.3) is 0 Å². The van der Waals surface area contributed by atoms with E-state index in [4.69, 9.17) is 52.1 Å². The number of rotatable bonds is 16. The summed E-state index contributed by atoms with van der Waals surface area (Å²) in [7, 11) is 0. The van der Waals surface area contributed by atoms with Gasteiger partial charge in [-0.15, -0.1) is 0 Å². The minimum absolute atomic E-state index is 0.155. The Morgan fingerprint density at radius 1 is 0.607 bits per heavy atom. The Kier molecular flexibility index (Phi) is 20.5. The Bertz CT molecular complexity index is 2640. The summed E-state index contributed by atoms with van der Waals surface area (Å²) in [4.78, 5) is 53.5. The first-order valence-electron chi connectivity index (χ1n) is 30.9. The molecule has 4 saturated heterocycles. The second-order valence-electron chi connectivity index (χ2n) is 28.0. The van der Waals surface area contributed by atoms with Crippen LogP contribution < -0.4 is 0 Å². The van der Waals surface area contributed by atoms with Gasteiger partial charge in [0.05, 0.1) is 44.6 Å². The molecule has 506 valence electrons. The average Bonchev–Trinajstić information content (AvgIpc) is 0.669. The van der Waals surface area contributed by atoms with Crippen LogP contribution >= 0.6 is 0 Å². The van der Waals surface area contributed by atoms with Crippen molar-refractivity contribution in [1.82, 2.24) is 0 Å². The fraction of sp³-hybridized carbons (Fsp3) is 0.869. The van der Waals surface area contributed by atoms with Gasteiger partial charge in [-0.05, 0) is 92.8 Å². The van der Waals surface area contributed by atoms with Gasteiger partial charge in [-0.3, -0.25) is 9.59 Å². The second-order valence-corrected chi connectivity index (χ2v) is 28.0. The molecule has 0 amide bonds. The van der Waals surface area contributed by atoms with E-state index in [-0.39, 0.29) is 24.7 Å². The molecule has 8 fully saturated rings. The summed E-state index contributed by atoms with van der Waals surface area (Å²) in [6.45, 7) is 14.8. The lowest BCUT2D eigenvalue weighted by molar-refractivity contribution is -0.400. The van der Waals surface area contributed by atoms with E-state index in [1.54, 1.807) is 19.9 Å². The highest BCUT2D eigenvalue weighted by Gasteiger charge is 2.75. The first-order chi connectivity index (χ1) is 41.6. The number of ether oxygens (including phenoxy) is 11. The molecule has 0 aromatic rings. The van der Waals surface area contributed by atoms with Gasteiger partial charge < -0.3 is 118 Å². The molecule has 9 aliphatic rings. The van der Waals surface area contributed by atoms with E-state index in [9.17, 15) is 85.6 Å². The van der Waals surface area contributed by atoms with Gasteiger partial charge in [0.15, 0.2) is 37.4 Å². The van der Waals surface area contributed by atoms with E-state index in [0.717, 1.165) is 5.57 Å². The molecule has 28 heteroatoms. The summed E-state index contributed by atoms with van der Waals surface area (Å²) in [5.74, 6) is -4.80. The van der Waals surface area contributed by atoms with Crippen LogP contribution in [0.4, 0.5) is 0 Å². The van der Waals surface area contributed by atoms with E-state index in [1.807, 2.05) is 20.8 Å². The number of aliphatic hydroxyl groups excluding tert-OH is 12. The zero-order chi connectivity index (χ0) is 65.6. The smallest absolute Gasteiger partial charge is 0.335 e. The molecule has 0 aromatic carbocycles. The van der Waals surface area contributed by atoms with Crippen molar-refractivity contribution in [1.29, 1.82) is 0 Å². The van der Waals surface area contributed by atoms with Crippen molar-refractivity contribution in [3.8, 4) is 0 Å². The summed E-state index contributed by atoms with van der Waals surface area (Å²) in [5.41, 5.74) is -4.23. The second kappa shape index (κ2) is 26.0. The number of hydrogen-bond donors (Lipinski definition) is 13. The standard InChI is InChI=1S/C61H94O28/c1-11-25(2)51(78)89-48-49(82-27(4)66)61(24-64)29(18-56(48,5)6)28-12-13-34-57(7)16-15-35(58(8,23-63)33(57)14-17-59(34,9)60(28,10)19-36(61)81-26(3)65)84-55-47(88-53-42(74)40(72)39(71)32(20-62)83-53)44(43(75)45(86-55)50(76)77)85-54-46(38(70)31(68)22-80-54)87-52-41(73)37(69)30(67)21-79-52/h11-12,29-49,52-55,62-64,67-75H,13-24H2,1-10H3,(H,76,77)/b25-11-/t29-,30+,31-,32+,33-,34-,35-,36+,37-,38-,39-,40-,41+,42+,43-,44-,45-,46+,47+,48-,49-,52-,53-,54-,55+,57-,58-,59+,60+,61-/m0/s1. The zero-order valence-electron chi connectivity index (χ0n) is 52.0. The maximum Gasteiger partial charge on any atom is 0.335 e. The fourth-order valence-electron chi connectivity index (χ4n) is 17.5. The third-order valence-electron chi connectivity index (χ3n) is 22.7. The molecule has 0 aromatic heterocycles. The van der Waals surface area contributed by atoms with Gasteiger partial charge >= 0.3 is 23.9 Å². The number of allylic oxidation sites excluding steroid dienone is 3. The van der Waals surface area contributed by atoms with Gasteiger partial charge in [0.2, 0.25) is 0 Å². The lowest BCUT2D eigenvalue weighted by Crippen LogP contribution is -2.73. The number of esters is 3. The Morgan fingerprint density at radius 3 is 1.83 bits per heavy atom. The highest BCUT2D eigenvalue weighted by Crippen LogP contribution is 2.76. The Hall–Kier alpha value is -3.44. The number of carbonyl (C=O) groups is 4. The van der Waals surface area contributed by atoms with Crippen LogP contribution in [0.15, 0.2) is 23.3 Å². The molecule has 28 nitrogen and oxygen atoms in total. The lowest BCUT2D eigenvalue weighted by Gasteiger charge is -2.72. The number of carboxylic acid groups (broad SMARTS) is 1. The lowest BCUT2D eigenvalue weighted by atomic mass is 9.33. The molecule has 9 rings (SSSR count). The summed E-state index contributed by atoms with van der Waals surface area (Å²) < 4.78 is 67.3. The number of carboxylic acids is 1. The van der Waals surface area contributed by atoms with E-state index in [2.05, 4.69) is 26.8 Å². The van der Waals surface area contributed by atoms with E-state index >= 15 is 0 Å². The minimum atomic E-state index is -2.27. The van der Waals surface area contributed by atoms with Crippen molar-refractivity contribution >= 4 is 23.9 Å². The van der Waals surface area contributed by atoms with Gasteiger partial charge in [0.1, 0.15) is 91.6 Å². The van der Waals surface area contributed by atoms with Gasteiger partial charge in [-0.2, -0.15) is 0 Å². The normalized spacial score (nSPS) is 49.8. The SMILES string of the molecule is C/C=C(/C)C(=O)O[C@H]1[C@H](OC(C)=O)[C@]2(CO)[C@H](OC(C)=O)C[C@]3(C)C(=CC[C@H]4[C@@]5(C)CC[C@H](O[C@@H]6O[C@H](C(=O)O)[C@@H](O)[C@H](O[C@@H]7OC[C@H](O)[C@H](O)[C@H]7O[C@@H]7OC[C@@H](O)[C@H](O)[C@H]7O)[C@H]6O[C@@H]6O[C@H](CO)[C@H](O)[C@H](O)[C@H]6O)[C@@](C)(CO)[C@H]5CC[C@]43C)[C@@H]2CC1(C)C. The molecule has 0 radical (unpaired) electrons. The zero-order valence-corrected chi connectivity index (χ0v) is 52.0. The average molecular weight is 1280 g/mol. The van der Waals surface area contributed by atoms with Crippen molar-refractivity contribution in [2.24, 2.45) is 50.2 Å². The molecule has 89 heavy (non-hydrogen) atoms. The van der Waals surface area contributed by atoms with Crippen molar-refractivity contribution in [2.75, 3.05) is 33.0 Å². The van der Waals surface area contributed by atoms with Crippen molar-refractivity contribution < 1.29 is 138 Å². The van der Waals surface area contributed by atoms with Crippen molar-refractivity contribution in [2.45, 2.75) is 249 Å². The van der Waals surface area contributed by atoms with Gasteiger partial charge in [0, 0.05) is 30.3 Å². The largest absolute Gasteiger partial charge is 0.479 e. The number of carbonyl (C=O) groups excluding carboxylic acids is 3. The molecule has 5 aliphatic carbocycles. The highest BCUT2D eigenvalue weighted by molar-refractivity contribution is 5.87. The van der Waals surface area contributed by atoms with Crippen LogP contribution in [0.3, 0.4) is 0 Å². The van der Waals surface area contributed by atoms with Crippen LogP contribution in [0.1, 0.15) is 114 Å². The summed E-state index contributed by atoms with van der Waals surface area (Å²) in [6, 6.07) is 0. The number of aliphatic carboxylic acids is 1. The Balaban J connectivity index is 1.07. The van der Waals surface area contributed by atoms with Crippen molar-refractivity contribution in [3.05, 3.63) is 23.3 Å². The topological polar surface area (TPSA) is 433 Å². The van der Waals surface area contributed by atoms with E-state index < -0.39 is 230 Å². The Labute approximate surface area is 515 Å². The molecular formula is C61H94O28. The van der Waals surface area contributed by atoms with Gasteiger partial charge in [-0.25, -0.2) is 9.59 Å². The summed E-state index contributed by atoms with van der Waals surface area (Å²) >= 11 is 0. The van der Waals surface area contributed by atoms with Crippen LogP contribution in [0.5, 0.6) is 0 Å². The molecular weight excluding hydrogens is 1180 g/mol. The summed E-state index contributed by atoms with van der Waals surface area (Å²) in [5, 5.41) is 143. The fourth-order valence-corrected chi connectivity index (χ4v) is 17.5. The predicted molar refractivity (Wildman–Crippen MR) is 299 cm³/mol. The van der Waals surface area contributed by atoms with Gasteiger partial charge in [-0.1, -0.05) is 59.3 Å². The molecule has 0 unspecified atom stereocenters. The molecule has 30 atom stereocenters. The summed E-state index contributed by atoms with van der Waals surface area (Å²) in [6.07, 6.45) is -32.6. The van der Waals surface area contributed by atoms with Crippen LogP contribution in [0, 0.1) is 50.2 Å². The number of aliphatic hydroxyl groups is 12. The first kappa shape index (κ1) is 69.9. The molecule has 13 N–H and O–H groups in total.